The van der Waals surface area contributed by atoms with Gasteiger partial charge >= 0.3 is 6.01 Å². The average molecular weight is 345 g/mol. The molecule has 124 valence electrons. The molecule has 0 spiro atoms. The predicted molar refractivity (Wildman–Crippen MR) is 93.5 cm³/mol. The number of benzene rings is 1. The Hall–Kier alpha value is -2.73. The summed E-state index contributed by atoms with van der Waals surface area (Å²) in [5, 5.41) is 0.963. The van der Waals surface area contributed by atoms with E-state index in [0.717, 1.165) is 10.9 Å². The second kappa shape index (κ2) is 8.21. The molecule has 2 aromatic heterocycles. The van der Waals surface area contributed by atoms with Gasteiger partial charge in [0.25, 0.3) is 5.91 Å². The van der Waals surface area contributed by atoms with Crippen molar-refractivity contribution in [2.45, 2.75) is 0 Å². The Morgan fingerprint density at radius 1 is 1.17 bits per heavy atom. The molecule has 1 aromatic carbocycles. The highest BCUT2D eigenvalue weighted by atomic mass is 35.5. The number of nitrogens with zero attached hydrogens (tertiary/aromatic N) is 4. The lowest BCUT2D eigenvalue weighted by molar-refractivity contribution is 0.0771. The first kappa shape index (κ1) is 17.6. The molecule has 0 bridgehead atoms. The number of halogens is 1. The first-order valence-corrected chi connectivity index (χ1v) is 7.24. The minimum atomic E-state index is -0.0737. The number of pyridine rings is 1. The van der Waals surface area contributed by atoms with Crippen molar-refractivity contribution in [3.63, 3.8) is 0 Å². The highest BCUT2D eigenvalue weighted by Crippen LogP contribution is 2.12. The third-order valence-corrected chi connectivity index (χ3v) is 3.40. The zero-order chi connectivity index (χ0) is 16.1. The fourth-order valence-corrected chi connectivity index (χ4v) is 2.12. The quantitative estimate of drug-likeness (QED) is 0.711. The van der Waals surface area contributed by atoms with Crippen LogP contribution in [-0.2, 0) is 0 Å². The third-order valence-electron chi connectivity index (χ3n) is 3.40. The molecule has 0 fully saturated rings. The Balaban J connectivity index is 0.00000208. The second-order valence-electron chi connectivity index (χ2n) is 5.02. The maximum Gasteiger partial charge on any atom is 0.316 e. The Morgan fingerprint density at radius 3 is 2.71 bits per heavy atom. The molecule has 0 aliphatic rings. The lowest BCUT2D eigenvalue weighted by atomic mass is 10.2. The van der Waals surface area contributed by atoms with Gasteiger partial charge in [0.15, 0.2) is 0 Å². The summed E-state index contributed by atoms with van der Waals surface area (Å²) in [6, 6.07) is 11.4. The molecule has 0 aliphatic carbocycles. The molecule has 6 nitrogen and oxygen atoms in total. The number of amides is 1. The van der Waals surface area contributed by atoms with Crippen molar-refractivity contribution < 1.29 is 9.53 Å². The van der Waals surface area contributed by atoms with E-state index >= 15 is 0 Å². The summed E-state index contributed by atoms with van der Waals surface area (Å²) in [5.74, 6) is -0.0737. The number of ether oxygens (including phenoxy) is 1. The largest absolute Gasteiger partial charge is 0.462 e. The summed E-state index contributed by atoms with van der Waals surface area (Å²) in [7, 11) is 1.73. The van der Waals surface area contributed by atoms with Gasteiger partial charge in [0, 0.05) is 36.6 Å². The van der Waals surface area contributed by atoms with Crippen molar-refractivity contribution in [2.24, 2.45) is 0 Å². The van der Waals surface area contributed by atoms with Crippen molar-refractivity contribution in [2.75, 3.05) is 20.2 Å². The van der Waals surface area contributed by atoms with Crippen LogP contribution in [0.4, 0.5) is 0 Å². The van der Waals surface area contributed by atoms with Gasteiger partial charge in [0.2, 0.25) is 0 Å². The van der Waals surface area contributed by atoms with Crippen LogP contribution in [0.2, 0.25) is 0 Å². The minimum Gasteiger partial charge on any atom is -0.462 e. The molecule has 24 heavy (non-hydrogen) atoms. The Labute approximate surface area is 145 Å². The molecule has 0 saturated heterocycles. The number of hydrogen-bond acceptors (Lipinski definition) is 5. The van der Waals surface area contributed by atoms with Crippen LogP contribution in [0.15, 0.2) is 55.0 Å². The lowest BCUT2D eigenvalue weighted by Gasteiger charge is -2.17. The number of carbonyl (C=O) groups is 1. The van der Waals surface area contributed by atoms with Crippen LogP contribution in [0, 0.1) is 0 Å². The normalized spacial score (nSPS) is 10.0. The van der Waals surface area contributed by atoms with E-state index in [9.17, 15) is 4.79 Å². The molecule has 0 atom stereocenters. The summed E-state index contributed by atoms with van der Waals surface area (Å²) >= 11 is 0. The molecule has 0 N–H and O–H groups in total. The number of rotatable bonds is 5. The van der Waals surface area contributed by atoms with Crippen LogP contribution in [0.1, 0.15) is 10.4 Å². The van der Waals surface area contributed by atoms with Crippen LogP contribution in [0.5, 0.6) is 6.01 Å². The molecule has 7 heteroatoms. The van der Waals surface area contributed by atoms with Gasteiger partial charge in [0.05, 0.1) is 12.1 Å². The van der Waals surface area contributed by atoms with E-state index in [1.54, 1.807) is 42.7 Å². The molecule has 3 aromatic rings. The van der Waals surface area contributed by atoms with E-state index in [0.29, 0.717) is 24.7 Å². The summed E-state index contributed by atoms with van der Waals surface area (Å²) in [5.41, 5.74) is 1.43. The smallest absolute Gasteiger partial charge is 0.316 e. The van der Waals surface area contributed by atoms with E-state index in [4.69, 9.17) is 4.74 Å². The van der Waals surface area contributed by atoms with Crippen LogP contribution >= 0.6 is 12.4 Å². The van der Waals surface area contributed by atoms with Crippen molar-refractivity contribution in [1.29, 1.82) is 0 Å². The molecule has 1 amide bonds. The number of aromatic nitrogens is 3. The molecule has 2 heterocycles. The van der Waals surface area contributed by atoms with Crippen LogP contribution < -0.4 is 4.74 Å². The lowest BCUT2D eigenvalue weighted by Crippen LogP contribution is -2.31. The monoisotopic (exact) mass is 344 g/mol. The fourth-order valence-electron chi connectivity index (χ4n) is 2.12. The summed E-state index contributed by atoms with van der Waals surface area (Å²) in [6.45, 7) is 0.767. The van der Waals surface area contributed by atoms with Gasteiger partial charge in [-0.25, -0.2) is 4.98 Å². The Kier molecular flexibility index (Phi) is 6.03. The number of para-hydroxylation sites is 1. The first-order chi connectivity index (χ1) is 11.2. The fraction of sp³-hybridized carbons (Fsp3) is 0.176. The molecule has 0 radical (unpaired) electrons. The zero-order valence-corrected chi connectivity index (χ0v) is 13.9. The summed E-state index contributed by atoms with van der Waals surface area (Å²) in [4.78, 5) is 26.2. The zero-order valence-electron chi connectivity index (χ0n) is 13.1. The van der Waals surface area contributed by atoms with Crippen molar-refractivity contribution in [1.82, 2.24) is 19.9 Å². The molecular formula is C17H17ClN4O2. The summed E-state index contributed by atoms with van der Waals surface area (Å²) < 4.78 is 5.54. The van der Waals surface area contributed by atoms with E-state index in [1.165, 1.54) is 0 Å². The second-order valence-corrected chi connectivity index (χ2v) is 5.02. The molecule has 0 unspecified atom stereocenters. The molecule has 0 aliphatic heterocycles. The van der Waals surface area contributed by atoms with E-state index in [-0.39, 0.29) is 18.3 Å². The van der Waals surface area contributed by atoms with E-state index in [1.807, 2.05) is 24.3 Å². The van der Waals surface area contributed by atoms with Crippen molar-refractivity contribution in [3.8, 4) is 6.01 Å². The SMILES string of the molecule is CN(CCOc1ncc2ccccc2n1)C(=O)c1ccncc1.Cl. The summed E-state index contributed by atoms with van der Waals surface area (Å²) in [6.07, 6.45) is 4.92. The number of carbonyl (C=O) groups excluding carboxylic acids is 1. The van der Waals surface area contributed by atoms with E-state index in [2.05, 4.69) is 15.0 Å². The van der Waals surface area contributed by atoms with Crippen molar-refractivity contribution >= 4 is 29.2 Å². The standard InChI is InChI=1S/C17H16N4O2.ClH/c1-21(16(22)13-6-8-18-9-7-13)10-11-23-17-19-12-14-4-2-3-5-15(14)20-17;/h2-9,12H,10-11H2,1H3;1H. The Bertz CT molecular complexity index is 814. The van der Waals surface area contributed by atoms with Crippen LogP contribution in [0.3, 0.4) is 0 Å². The van der Waals surface area contributed by atoms with Gasteiger partial charge in [0.1, 0.15) is 6.61 Å². The van der Waals surface area contributed by atoms with Gasteiger partial charge in [-0.2, -0.15) is 4.98 Å². The van der Waals surface area contributed by atoms with Crippen molar-refractivity contribution in [3.05, 3.63) is 60.6 Å². The Morgan fingerprint density at radius 2 is 1.92 bits per heavy atom. The van der Waals surface area contributed by atoms with Crippen LogP contribution in [-0.4, -0.2) is 46.0 Å². The van der Waals surface area contributed by atoms with Gasteiger partial charge in [-0.1, -0.05) is 18.2 Å². The predicted octanol–water partition coefficient (Wildman–Crippen LogP) is 2.60. The molecular weight excluding hydrogens is 328 g/mol. The topological polar surface area (TPSA) is 68.2 Å². The van der Waals surface area contributed by atoms with Crippen LogP contribution in [0.25, 0.3) is 10.9 Å². The maximum atomic E-state index is 12.2. The highest BCUT2D eigenvalue weighted by molar-refractivity contribution is 5.93. The highest BCUT2D eigenvalue weighted by Gasteiger charge is 2.11. The van der Waals surface area contributed by atoms with Gasteiger partial charge in [-0.15, -0.1) is 12.4 Å². The van der Waals surface area contributed by atoms with Gasteiger partial charge < -0.3 is 9.64 Å². The molecule has 0 saturated carbocycles. The first-order valence-electron chi connectivity index (χ1n) is 7.24. The number of likely N-dealkylation sites (N-methyl/N-ethyl adjacent to an activating group) is 1. The average Bonchev–Trinajstić information content (AvgIpc) is 2.61. The van der Waals surface area contributed by atoms with E-state index < -0.39 is 0 Å². The molecule has 3 rings (SSSR count). The maximum absolute atomic E-state index is 12.2. The number of fused-ring (bicyclic) bond motifs is 1. The van der Waals surface area contributed by atoms with Gasteiger partial charge in [-0.3, -0.25) is 9.78 Å². The minimum absolute atomic E-state index is 0. The third kappa shape index (κ3) is 4.17. The number of hydrogen-bond donors (Lipinski definition) is 0. The van der Waals surface area contributed by atoms with Gasteiger partial charge in [-0.05, 0) is 18.2 Å².